The van der Waals surface area contributed by atoms with Crippen LogP contribution in [0.4, 0.5) is 8.78 Å². The second-order valence-corrected chi connectivity index (χ2v) is 13.0. The highest BCUT2D eigenvalue weighted by Crippen LogP contribution is 2.40. The SMILES string of the molecule is CC[Si](CC)(CC)OC(CCCc1cc(F)cc(F)c1)c1c(Cl)cc(C#N)cc1Cl. The first-order valence-corrected chi connectivity index (χ1v) is 13.6. The normalized spacial score (nSPS) is 12.6. The summed E-state index contributed by atoms with van der Waals surface area (Å²) >= 11 is 13.0. The zero-order valence-corrected chi connectivity index (χ0v) is 20.1. The maximum atomic E-state index is 13.5. The minimum Gasteiger partial charge on any atom is -0.410 e. The van der Waals surface area contributed by atoms with Gasteiger partial charge in [-0.3, -0.25) is 0 Å². The number of aryl methyl sites for hydroxylation is 1. The molecule has 2 aromatic rings. The summed E-state index contributed by atoms with van der Waals surface area (Å²) < 4.78 is 33.7. The van der Waals surface area contributed by atoms with E-state index >= 15 is 0 Å². The number of hydrogen-bond acceptors (Lipinski definition) is 2. The van der Waals surface area contributed by atoms with Crippen LogP contribution < -0.4 is 0 Å². The van der Waals surface area contributed by atoms with Crippen LogP contribution in [0.2, 0.25) is 28.2 Å². The molecule has 0 N–H and O–H groups in total. The van der Waals surface area contributed by atoms with Crippen LogP contribution in [-0.4, -0.2) is 8.32 Å². The van der Waals surface area contributed by atoms with Crippen molar-refractivity contribution >= 4 is 31.5 Å². The third-order valence-corrected chi connectivity index (χ3v) is 11.0. The Bertz CT molecular complexity index is 861. The van der Waals surface area contributed by atoms with E-state index in [-0.39, 0.29) is 6.10 Å². The van der Waals surface area contributed by atoms with Gasteiger partial charge >= 0.3 is 0 Å². The van der Waals surface area contributed by atoms with Crippen LogP contribution in [0, 0.1) is 23.0 Å². The molecule has 0 saturated carbocycles. The molecule has 2 aromatic carbocycles. The fourth-order valence-corrected chi connectivity index (χ4v) is 7.34. The number of nitriles is 1. The third kappa shape index (κ3) is 6.27. The number of halogens is 4. The fraction of sp³-hybridized carbons (Fsp3) is 0.435. The van der Waals surface area contributed by atoms with Crippen LogP contribution in [0.15, 0.2) is 30.3 Å². The van der Waals surface area contributed by atoms with Gasteiger partial charge in [0.15, 0.2) is 8.32 Å². The first-order chi connectivity index (χ1) is 14.3. The molecule has 1 atom stereocenters. The average Bonchev–Trinajstić information content (AvgIpc) is 2.70. The van der Waals surface area contributed by atoms with E-state index in [1.807, 2.05) is 0 Å². The van der Waals surface area contributed by atoms with Gasteiger partial charge in [-0.15, -0.1) is 0 Å². The lowest BCUT2D eigenvalue weighted by Gasteiger charge is -2.34. The van der Waals surface area contributed by atoms with E-state index in [9.17, 15) is 14.0 Å². The van der Waals surface area contributed by atoms with Crippen molar-refractivity contribution in [2.45, 2.75) is 64.3 Å². The van der Waals surface area contributed by atoms with Gasteiger partial charge in [0.25, 0.3) is 0 Å². The molecule has 7 heteroatoms. The van der Waals surface area contributed by atoms with Crippen molar-refractivity contribution in [3.05, 3.63) is 68.7 Å². The van der Waals surface area contributed by atoms with Crippen LogP contribution >= 0.6 is 23.2 Å². The Balaban J connectivity index is 2.31. The second-order valence-electron chi connectivity index (χ2n) is 7.49. The summed E-state index contributed by atoms with van der Waals surface area (Å²) in [6.07, 6.45) is 1.45. The molecule has 0 spiro atoms. The Labute approximate surface area is 188 Å². The van der Waals surface area contributed by atoms with E-state index in [0.717, 1.165) is 24.2 Å². The van der Waals surface area contributed by atoms with Gasteiger partial charge in [0.1, 0.15) is 11.6 Å². The monoisotopic (exact) mass is 469 g/mol. The molecule has 0 amide bonds. The molecular weight excluding hydrogens is 443 g/mol. The maximum absolute atomic E-state index is 13.5. The minimum absolute atomic E-state index is 0.331. The minimum atomic E-state index is -1.98. The first kappa shape index (κ1) is 24.8. The third-order valence-electron chi connectivity index (χ3n) is 5.71. The second kappa shape index (κ2) is 11.2. The van der Waals surface area contributed by atoms with E-state index in [0.29, 0.717) is 46.0 Å². The summed E-state index contributed by atoms with van der Waals surface area (Å²) in [7, 11) is -1.98. The summed E-state index contributed by atoms with van der Waals surface area (Å²) in [5, 5.41) is 9.99. The lowest BCUT2D eigenvalue weighted by Crippen LogP contribution is -2.37. The highest BCUT2D eigenvalue weighted by Gasteiger charge is 2.34. The standard InChI is InChI=1S/C23H27Cl2F2NOSi/c1-4-30(5-2,6-3)29-22(23-20(24)12-17(15-28)13-21(23)25)9-7-8-16-10-18(26)14-19(27)11-16/h10-14,22H,4-9H2,1-3H3. The van der Waals surface area contributed by atoms with E-state index in [1.54, 1.807) is 12.1 Å². The number of nitrogens with zero attached hydrogens (tertiary/aromatic N) is 1. The maximum Gasteiger partial charge on any atom is 0.192 e. The Morgan fingerprint density at radius 1 is 0.967 bits per heavy atom. The summed E-state index contributed by atoms with van der Waals surface area (Å²) in [4.78, 5) is 0. The Morgan fingerprint density at radius 3 is 1.97 bits per heavy atom. The van der Waals surface area contributed by atoms with Crippen molar-refractivity contribution in [1.29, 1.82) is 5.26 Å². The van der Waals surface area contributed by atoms with Gasteiger partial charge in [0.2, 0.25) is 0 Å². The lowest BCUT2D eigenvalue weighted by molar-refractivity contribution is 0.177. The lowest BCUT2D eigenvalue weighted by atomic mass is 10.00. The average molecular weight is 470 g/mol. The summed E-state index contributed by atoms with van der Waals surface area (Å²) in [6, 6.07) is 11.8. The van der Waals surface area contributed by atoms with Crippen molar-refractivity contribution in [2.75, 3.05) is 0 Å². The highest BCUT2D eigenvalue weighted by atomic mass is 35.5. The van der Waals surface area contributed by atoms with Gasteiger partial charge in [-0.05, 0) is 67.2 Å². The summed E-state index contributed by atoms with van der Waals surface area (Å²) in [5.74, 6) is -1.16. The number of hydrogen-bond donors (Lipinski definition) is 0. The van der Waals surface area contributed by atoms with Crippen molar-refractivity contribution in [3.8, 4) is 6.07 Å². The van der Waals surface area contributed by atoms with Gasteiger partial charge in [-0.25, -0.2) is 8.78 Å². The highest BCUT2D eigenvalue weighted by molar-refractivity contribution is 6.73. The number of rotatable bonds is 10. The van der Waals surface area contributed by atoms with Crippen LogP contribution in [0.25, 0.3) is 0 Å². The fourth-order valence-electron chi connectivity index (χ4n) is 3.77. The van der Waals surface area contributed by atoms with Crippen LogP contribution in [0.3, 0.4) is 0 Å². The van der Waals surface area contributed by atoms with Crippen molar-refractivity contribution in [1.82, 2.24) is 0 Å². The van der Waals surface area contributed by atoms with Gasteiger partial charge in [0, 0.05) is 21.7 Å². The van der Waals surface area contributed by atoms with Crippen molar-refractivity contribution < 1.29 is 13.2 Å². The molecule has 2 rings (SSSR count). The van der Waals surface area contributed by atoms with Crippen LogP contribution in [0.5, 0.6) is 0 Å². The van der Waals surface area contributed by atoms with Crippen LogP contribution in [0.1, 0.15) is 56.4 Å². The molecular formula is C23H27Cl2F2NOSi. The molecule has 2 nitrogen and oxygen atoms in total. The Morgan fingerprint density at radius 2 is 1.50 bits per heavy atom. The quantitative estimate of drug-likeness (QED) is 0.328. The zero-order chi connectivity index (χ0) is 22.3. The molecule has 30 heavy (non-hydrogen) atoms. The predicted octanol–water partition coefficient (Wildman–Crippen LogP) is 8.23. The molecule has 0 saturated heterocycles. The van der Waals surface area contributed by atoms with E-state index in [2.05, 4.69) is 26.8 Å². The molecule has 162 valence electrons. The predicted molar refractivity (Wildman–Crippen MR) is 121 cm³/mol. The van der Waals surface area contributed by atoms with Gasteiger partial charge in [-0.1, -0.05) is 44.0 Å². The van der Waals surface area contributed by atoms with Gasteiger partial charge in [-0.2, -0.15) is 5.26 Å². The Kier molecular flexibility index (Phi) is 9.30. The molecule has 0 radical (unpaired) electrons. The van der Waals surface area contributed by atoms with Gasteiger partial charge < -0.3 is 4.43 Å². The Hall–Kier alpha value is -1.45. The molecule has 0 aliphatic rings. The van der Waals surface area contributed by atoms with Crippen molar-refractivity contribution in [3.63, 3.8) is 0 Å². The number of benzene rings is 2. The van der Waals surface area contributed by atoms with E-state index in [4.69, 9.17) is 27.6 Å². The largest absolute Gasteiger partial charge is 0.410 e. The summed E-state index contributed by atoms with van der Waals surface area (Å²) in [6.45, 7) is 6.44. The summed E-state index contributed by atoms with van der Waals surface area (Å²) in [5.41, 5.74) is 1.69. The molecule has 1 unspecified atom stereocenters. The molecule has 0 heterocycles. The molecule has 0 aliphatic carbocycles. The van der Waals surface area contributed by atoms with Crippen LogP contribution in [-0.2, 0) is 10.8 Å². The topological polar surface area (TPSA) is 33.0 Å². The van der Waals surface area contributed by atoms with Crippen molar-refractivity contribution in [2.24, 2.45) is 0 Å². The molecule has 0 aliphatic heterocycles. The smallest absolute Gasteiger partial charge is 0.192 e. The zero-order valence-electron chi connectivity index (χ0n) is 17.6. The molecule has 0 bridgehead atoms. The van der Waals surface area contributed by atoms with Gasteiger partial charge in [0.05, 0.1) is 17.7 Å². The molecule has 0 fully saturated rings. The van der Waals surface area contributed by atoms with E-state index in [1.165, 1.54) is 12.1 Å². The first-order valence-electron chi connectivity index (χ1n) is 10.3. The molecule has 0 aromatic heterocycles. The van der Waals surface area contributed by atoms with E-state index < -0.39 is 20.0 Å².